The monoisotopic (exact) mass is 466 g/mol. The molecule has 0 spiro atoms. The van der Waals surface area contributed by atoms with Gasteiger partial charge in [0.1, 0.15) is 5.75 Å². The molecule has 33 heavy (non-hydrogen) atoms. The molecule has 0 bridgehead atoms. The molecule has 1 N–H and O–H groups in total. The Morgan fingerprint density at radius 1 is 0.939 bits per heavy atom. The molecule has 0 aliphatic carbocycles. The third kappa shape index (κ3) is 6.83. The number of rotatable bonds is 10. The summed E-state index contributed by atoms with van der Waals surface area (Å²) in [5.41, 5.74) is 3.68. The maximum absolute atomic E-state index is 12.8. The fraction of sp³-hybridized carbons (Fsp3) is 0.269. The number of amides is 1. The molecular weight excluding hydrogens is 436 g/mol. The zero-order chi connectivity index (χ0) is 23.8. The van der Waals surface area contributed by atoms with E-state index in [2.05, 4.69) is 5.32 Å². The topological polar surface area (TPSA) is 75.7 Å². The molecule has 0 aliphatic heterocycles. The fourth-order valence-electron chi connectivity index (χ4n) is 3.61. The number of sulfonamides is 1. The maximum Gasteiger partial charge on any atom is 0.232 e. The molecule has 3 aromatic carbocycles. The van der Waals surface area contributed by atoms with Crippen molar-refractivity contribution in [3.63, 3.8) is 0 Å². The molecular formula is C26H30N2O4S. The summed E-state index contributed by atoms with van der Waals surface area (Å²) >= 11 is 0. The molecule has 0 aliphatic rings. The minimum Gasteiger partial charge on any atom is -0.497 e. The Morgan fingerprint density at radius 3 is 2.12 bits per heavy atom. The standard InChI is InChI=1S/C26H30N2O4S/c1-20-11-13-22(14-12-20)26(21-8-5-4-6-9-21)27-25(29)10-7-19-28(33(3,30)31)23-15-17-24(32-2)18-16-23/h4-6,8-9,11-18,26H,7,10,19H2,1-3H3,(H,27,29)/t26-/m0/s1. The van der Waals surface area contributed by atoms with E-state index in [-0.39, 0.29) is 24.9 Å². The van der Waals surface area contributed by atoms with Crippen LogP contribution in [0.2, 0.25) is 0 Å². The van der Waals surface area contributed by atoms with Crippen LogP contribution in [0.3, 0.4) is 0 Å². The van der Waals surface area contributed by atoms with Crippen molar-refractivity contribution in [2.24, 2.45) is 0 Å². The highest BCUT2D eigenvalue weighted by Gasteiger charge is 2.20. The summed E-state index contributed by atoms with van der Waals surface area (Å²) in [5, 5.41) is 3.11. The summed E-state index contributed by atoms with van der Waals surface area (Å²) in [7, 11) is -1.93. The van der Waals surface area contributed by atoms with Crippen LogP contribution in [0.25, 0.3) is 0 Å². The quantitative estimate of drug-likeness (QED) is 0.479. The molecule has 0 saturated carbocycles. The molecule has 6 nitrogen and oxygen atoms in total. The van der Waals surface area contributed by atoms with E-state index < -0.39 is 10.0 Å². The van der Waals surface area contributed by atoms with Gasteiger partial charge in [0, 0.05) is 13.0 Å². The van der Waals surface area contributed by atoms with Crippen molar-refractivity contribution < 1.29 is 17.9 Å². The number of aryl methyl sites for hydroxylation is 1. The smallest absolute Gasteiger partial charge is 0.232 e. The number of hydrogen-bond donors (Lipinski definition) is 1. The summed E-state index contributed by atoms with van der Waals surface area (Å²) in [5.74, 6) is 0.516. The van der Waals surface area contributed by atoms with Gasteiger partial charge in [0.25, 0.3) is 0 Å². The molecule has 174 valence electrons. The normalized spacial score (nSPS) is 12.1. The summed E-state index contributed by atoms with van der Waals surface area (Å²) < 4.78 is 31.1. The van der Waals surface area contributed by atoms with E-state index in [1.807, 2.05) is 61.5 Å². The molecule has 0 fully saturated rings. The Kier molecular flexibility index (Phi) is 8.11. The highest BCUT2D eigenvalue weighted by Crippen LogP contribution is 2.24. The number of benzene rings is 3. The van der Waals surface area contributed by atoms with Gasteiger partial charge in [0.15, 0.2) is 0 Å². The van der Waals surface area contributed by atoms with Gasteiger partial charge in [-0.25, -0.2) is 8.42 Å². The first-order valence-electron chi connectivity index (χ1n) is 10.8. The lowest BCUT2D eigenvalue weighted by Crippen LogP contribution is -2.33. The second-order valence-corrected chi connectivity index (χ2v) is 9.87. The van der Waals surface area contributed by atoms with E-state index >= 15 is 0 Å². The molecule has 7 heteroatoms. The van der Waals surface area contributed by atoms with Crippen LogP contribution >= 0.6 is 0 Å². The molecule has 3 rings (SSSR count). The summed E-state index contributed by atoms with van der Waals surface area (Å²) in [4.78, 5) is 12.8. The second kappa shape index (κ2) is 11.0. The Balaban J connectivity index is 1.67. The Morgan fingerprint density at radius 2 is 1.55 bits per heavy atom. The molecule has 0 heterocycles. The van der Waals surface area contributed by atoms with E-state index in [9.17, 15) is 13.2 Å². The summed E-state index contributed by atoms with van der Waals surface area (Å²) in [6.07, 6.45) is 1.76. The highest BCUT2D eigenvalue weighted by atomic mass is 32.2. The molecule has 1 amide bonds. The molecule has 0 aromatic heterocycles. The number of nitrogens with zero attached hydrogens (tertiary/aromatic N) is 1. The first kappa shape index (κ1) is 24.3. The average molecular weight is 467 g/mol. The van der Waals surface area contributed by atoms with Crippen molar-refractivity contribution in [2.45, 2.75) is 25.8 Å². The van der Waals surface area contributed by atoms with E-state index in [0.717, 1.165) is 16.7 Å². The molecule has 0 radical (unpaired) electrons. The Hall–Kier alpha value is -3.32. The van der Waals surface area contributed by atoms with E-state index in [4.69, 9.17) is 4.74 Å². The van der Waals surface area contributed by atoms with Crippen molar-refractivity contribution in [3.8, 4) is 5.75 Å². The average Bonchev–Trinajstić information content (AvgIpc) is 2.81. The second-order valence-electron chi connectivity index (χ2n) is 7.96. The highest BCUT2D eigenvalue weighted by molar-refractivity contribution is 7.92. The number of hydrogen-bond acceptors (Lipinski definition) is 4. The minimum atomic E-state index is -3.49. The first-order chi connectivity index (χ1) is 15.8. The van der Waals surface area contributed by atoms with E-state index in [0.29, 0.717) is 17.9 Å². The number of nitrogens with one attached hydrogen (secondary N) is 1. The van der Waals surface area contributed by atoms with Crippen molar-refractivity contribution >= 4 is 21.6 Å². The SMILES string of the molecule is COc1ccc(N(CCCC(=O)N[C@@H](c2ccccc2)c2ccc(C)cc2)S(C)(=O)=O)cc1. The van der Waals surface area contributed by atoms with Crippen LogP contribution in [0, 0.1) is 6.92 Å². The maximum atomic E-state index is 12.8. The molecule has 0 unspecified atom stereocenters. The van der Waals surface area contributed by atoms with Crippen LogP contribution in [0.4, 0.5) is 5.69 Å². The lowest BCUT2D eigenvalue weighted by Gasteiger charge is -2.23. The van der Waals surface area contributed by atoms with Crippen molar-refractivity contribution in [3.05, 3.63) is 95.6 Å². The van der Waals surface area contributed by atoms with E-state index in [1.165, 1.54) is 10.6 Å². The lowest BCUT2D eigenvalue weighted by molar-refractivity contribution is -0.121. The predicted molar refractivity (Wildman–Crippen MR) is 132 cm³/mol. The zero-order valence-electron chi connectivity index (χ0n) is 19.2. The third-order valence-corrected chi connectivity index (χ3v) is 6.57. The molecule has 0 saturated heterocycles. The number of carbonyl (C=O) groups excluding carboxylic acids is 1. The van der Waals surface area contributed by atoms with Gasteiger partial charge in [-0.3, -0.25) is 9.10 Å². The third-order valence-electron chi connectivity index (χ3n) is 5.37. The molecule has 1 atom stereocenters. The number of methoxy groups -OCH3 is 1. The van der Waals surface area contributed by atoms with Crippen LogP contribution in [0.15, 0.2) is 78.9 Å². The zero-order valence-corrected chi connectivity index (χ0v) is 20.0. The predicted octanol–water partition coefficient (Wildman–Crippen LogP) is 4.46. The van der Waals surface area contributed by atoms with Gasteiger partial charge in [0.2, 0.25) is 15.9 Å². The first-order valence-corrected chi connectivity index (χ1v) is 12.7. The van der Waals surface area contributed by atoms with Gasteiger partial charge < -0.3 is 10.1 Å². The van der Waals surface area contributed by atoms with Crippen LogP contribution in [-0.4, -0.2) is 34.2 Å². The van der Waals surface area contributed by atoms with Gasteiger partial charge in [-0.2, -0.15) is 0 Å². The van der Waals surface area contributed by atoms with Crippen LogP contribution < -0.4 is 14.4 Å². The van der Waals surface area contributed by atoms with Crippen molar-refractivity contribution in [1.29, 1.82) is 0 Å². The Labute approximate surface area is 196 Å². The van der Waals surface area contributed by atoms with Gasteiger partial charge in [-0.05, 0) is 48.7 Å². The van der Waals surface area contributed by atoms with Crippen molar-refractivity contribution in [2.75, 3.05) is 24.2 Å². The van der Waals surface area contributed by atoms with Gasteiger partial charge in [-0.15, -0.1) is 0 Å². The van der Waals surface area contributed by atoms with Crippen LogP contribution in [0.1, 0.15) is 35.6 Å². The number of anilines is 1. The number of ether oxygens (including phenoxy) is 1. The van der Waals surface area contributed by atoms with Gasteiger partial charge >= 0.3 is 0 Å². The molecule has 3 aromatic rings. The summed E-state index contributed by atoms with van der Waals surface area (Å²) in [6.45, 7) is 2.23. The minimum absolute atomic E-state index is 0.132. The van der Waals surface area contributed by atoms with Gasteiger partial charge in [0.05, 0.1) is 25.1 Å². The van der Waals surface area contributed by atoms with E-state index in [1.54, 1.807) is 31.4 Å². The van der Waals surface area contributed by atoms with Crippen molar-refractivity contribution in [1.82, 2.24) is 5.32 Å². The largest absolute Gasteiger partial charge is 0.497 e. The Bertz CT molecular complexity index is 1150. The lowest BCUT2D eigenvalue weighted by atomic mass is 9.97. The van der Waals surface area contributed by atoms with Crippen LogP contribution in [0.5, 0.6) is 5.75 Å². The van der Waals surface area contributed by atoms with Gasteiger partial charge in [-0.1, -0.05) is 60.2 Å². The van der Waals surface area contributed by atoms with Crippen LogP contribution in [-0.2, 0) is 14.8 Å². The summed E-state index contributed by atoms with van der Waals surface area (Å²) in [6, 6.07) is 24.4. The number of carbonyl (C=O) groups is 1. The fourth-order valence-corrected chi connectivity index (χ4v) is 4.58.